The van der Waals surface area contributed by atoms with E-state index in [0.29, 0.717) is 0 Å². The number of rotatable bonds is 2. The first kappa shape index (κ1) is 12.0. The Morgan fingerprint density at radius 2 is 1.25 bits per heavy atom. The van der Waals surface area contributed by atoms with Gasteiger partial charge in [-0.25, -0.2) is 0 Å². The van der Waals surface area contributed by atoms with Gasteiger partial charge in [0.15, 0.2) is 0 Å². The van der Waals surface area contributed by atoms with E-state index < -0.39 is 0 Å². The van der Waals surface area contributed by atoms with E-state index in [0.717, 1.165) is 13.1 Å². The van der Waals surface area contributed by atoms with E-state index in [4.69, 9.17) is 0 Å². The monoisotopic (exact) mass is 254 g/mol. The van der Waals surface area contributed by atoms with Crippen molar-refractivity contribution >= 4 is 23.5 Å². The smallest absolute Gasteiger partial charge is 0.111 e. The van der Waals surface area contributed by atoms with Crippen LogP contribution in [0.25, 0.3) is 0 Å². The van der Waals surface area contributed by atoms with Crippen LogP contribution in [0.4, 0.5) is 0 Å². The summed E-state index contributed by atoms with van der Waals surface area (Å²) in [6.07, 6.45) is 0. The van der Waals surface area contributed by atoms with Gasteiger partial charge in [-0.05, 0) is 38.5 Å². The molecule has 0 atom stereocenters. The Hall–Kier alpha value is -0.480. The van der Waals surface area contributed by atoms with Gasteiger partial charge < -0.3 is 9.80 Å². The topological polar surface area (TPSA) is 6.48 Å². The van der Waals surface area contributed by atoms with Gasteiger partial charge in [-0.3, -0.25) is 0 Å². The second kappa shape index (κ2) is 4.80. The molecular formula is C12H18N2S2. The number of nitrogens with zero attached hydrogens (tertiary/aromatic N) is 2. The van der Waals surface area contributed by atoms with Crippen molar-refractivity contribution in [1.29, 1.82) is 0 Å². The van der Waals surface area contributed by atoms with Gasteiger partial charge >= 0.3 is 0 Å². The lowest BCUT2D eigenvalue weighted by Gasteiger charge is -2.26. The minimum Gasteiger partial charge on any atom is -0.338 e. The zero-order valence-electron chi connectivity index (χ0n) is 10.3. The first-order valence-corrected chi connectivity index (χ1v) is 7.41. The molecule has 88 valence electrons. The summed E-state index contributed by atoms with van der Waals surface area (Å²) >= 11 is 3.70. The van der Waals surface area contributed by atoms with Crippen LogP contribution >= 0.6 is 23.5 Å². The van der Waals surface area contributed by atoms with Crippen molar-refractivity contribution in [3.05, 3.63) is 32.3 Å². The van der Waals surface area contributed by atoms with Crippen LogP contribution in [0, 0.1) is 0 Å². The molecule has 0 saturated carbocycles. The average molecular weight is 254 g/mol. The molecule has 0 aromatic carbocycles. The van der Waals surface area contributed by atoms with Crippen LogP contribution in [0.3, 0.4) is 0 Å². The fourth-order valence-electron chi connectivity index (χ4n) is 1.97. The molecule has 0 fully saturated rings. The minimum atomic E-state index is 1.05. The Bertz CT molecular complexity index is 346. The summed E-state index contributed by atoms with van der Waals surface area (Å²) in [7, 11) is 0. The second-order valence-electron chi connectivity index (χ2n) is 3.85. The van der Waals surface area contributed by atoms with E-state index in [1.807, 2.05) is 23.5 Å². The van der Waals surface area contributed by atoms with E-state index in [2.05, 4.69) is 48.3 Å². The summed E-state index contributed by atoms with van der Waals surface area (Å²) in [5, 5.41) is 7.27. The van der Waals surface area contributed by atoms with E-state index in [-0.39, 0.29) is 0 Å². The third-order valence-electron chi connectivity index (χ3n) is 2.84. The minimum absolute atomic E-state index is 1.05. The number of hydrogen-bond acceptors (Lipinski definition) is 4. The molecule has 0 radical (unpaired) electrons. The predicted molar refractivity (Wildman–Crippen MR) is 74.5 cm³/mol. The van der Waals surface area contributed by atoms with Gasteiger partial charge in [0.25, 0.3) is 0 Å². The van der Waals surface area contributed by atoms with Gasteiger partial charge in [0.2, 0.25) is 0 Å². The Kier molecular flexibility index (Phi) is 3.60. The Morgan fingerprint density at radius 1 is 0.875 bits per heavy atom. The highest BCUT2D eigenvalue weighted by Crippen LogP contribution is 2.44. The number of thioether (sulfide) groups is 2. The van der Waals surface area contributed by atoms with Crippen molar-refractivity contribution in [1.82, 2.24) is 9.80 Å². The van der Waals surface area contributed by atoms with Crippen LogP contribution in [-0.2, 0) is 0 Å². The summed E-state index contributed by atoms with van der Waals surface area (Å²) < 4.78 is 0. The average Bonchev–Trinajstić information content (AvgIpc) is 2.81. The Morgan fingerprint density at radius 3 is 1.56 bits per heavy atom. The highest BCUT2D eigenvalue weighted by Gasteiger charge is 2.27. The Balaban J connectivity index is 2.30. The molecule has 2 rings (SSSR count). The summed E-state index contributed by atoms with van der Waals surface area (Å²) in [5.41, 5.74) is 2.72. The van der Waals surface area contributed by atoms with Crippen molar-refractivity contribution in [2.75, 3.05) is 13.1 Å². The van der Waals surface area contributed by atoms with E-state index in [1.54, 1.807) is 0 Å². The predicted octanol–water partition coefficient (Wildman–Crippen LogP) is 3.97. The van der Waals surface area contributed by atoms with Crippen LogP contribution in [-0.4, -0.2) is 22.9 Å². The van der Waals surface area contributed by atoms with Crippen LogP contribution in [0.2, 0.25) is 0 Å². The first-order chi connectivity index (χ1) is 7.69. The lowest BCUT2D eigenvalue weighted by Crippen LogP contribution is -2.22. The van der Waals surface area contributed by atoms with Crippen LogP contribution < -0.4 is 0 Å². The molecule has 0 saturated heterocycles. The molecular weight excluding hydrogens is 236 g/mol. The fourth-order valence-corrected chi connectivity index (χ4v) is 4.30. The normalized spacial score (nSPS) is 25.2. The molecule has 0 spiro atoms. The quantitative estimate of drug-likeness (QED) is 0.735. The van der Waals surface area contributed by atoms with Gasteiger partial charge in [-0.2, -0.15) is 0 Å². The lowest BCUT2D eigenvalue weighted by molar-refractivity contribution is 0.441. The third kappa shape index (κ3) is 1.89. The molecule has 2 aliphatic rings. The van der Waals surface area contributed by atoms with Crippen molar-refractivity contribution in [2.45, 2.75) is 27.7 Å². The molecule has 0 aliphatic carbocycles. The number of hydrogen-bond donors (Lipinski definition) is 0. The van der Waals surface area contributed by atoms with E-state index in [1.165, 1.54) is 21.5 Å². The van der Waals surface area contributed by atoms with Gasteiger partial charge in [0.05, 0.1) is 0 Å². The Labute approximate surface area is 106 Å². The standard InChI is InChI=1S/C12H18N2S2/c1-5-13-9(3)7-15-11(13)12-14(6-2)10(4)8-16-12/h7-8H,5-6H2,1-4H3/b12-11+. The molecule has 0 aromatic rings. The molecule has 0 unspecified atom stereocenters. The maximum atomic E-state index is 2.39. The first-order valence-electron chi connectivity index (χ1n) is 5.65. The summed E-state index contributed by atoms with van der Waals surface area (Å²) in [6, 6.07) is 0. The van der Waals surface area contributed by atoms with Crippen LogP contribution in [0.15, 0.2) is 32.3 Å². The van der Waals surface area contributed by atoms with Crippen molar-refractivity contribution in [3.8, 4) is 0 Å². The second-order valence-corrected chi connectivity index (χ2v) is 5.57. The molecule has 0 N–H and O–H groups in total. The summed E-state index contributed by atoms with van der Waals surface area (Å²) in [4.78, 5) is 4.78. The molecule has 2 aliphatic heterocycles. The summed E-state index contributed by atoms with van der Waals surface area (Å²) in [6.45, 7) is 10.9. The molecule has 0 aromatic heterocycles. The largest absolute Gasteiger partial charge is 0.338 e. The zero-order chi connectivity index (χ0) is 11.7. The van der Waals surface area contributed by atoms with Crippen molar-refractivity contribution < 1.29 is 0 Å². The van der Waals surface area contributed by atoms with Gasteiger partial charge in [0.1, 0.15) is 10.1 Å². The fraction of sp³-hybridized carbons (Fsp3) is 0.500. The van der Waals surface area contributed by atoms with Crippen LogP contribution in [0.1, 0.15) is 27.7 Å². The maximum absolute atomic E-state index is 2.39. The molecule has 2 heterocycles. The molecule has 0 bridgehead atoms. The molecule has 16 heavy (non-hydrogen) atoms. The molecule has 4 heteroatoms. The number of allylic oxidation sites excluding steroid dienone is 2. The van der Waals surface area contributed by atoms with Crippen molar-refractivity contribution in [2.24, 2.45) is 0 Å². The molecule has 2 nitrogen and oxygen atoms in total. The van der Waals surface area contributed by atoms with Gasteiger partial charge in [0, 0.05) is 24.5 Å². The van der Waals surface area contributed by atoms with Gasteiger partial charge in [-0.1, -0.05) is 23.5 Å². The van der Waals surface area contributed by atoms with E-state index in [9.17, 15) is 0 Å². The SMILES string of the molecule is CCN1C(C)=CS/C1=C1/SC=C(C)N1CC. The maximum Gasteiger partial charge on any atom is 0.111 e. The van der Waals surface area contributed by atoms with Gasteiger partial charge in [-0.15, -0.1) is 0 Å². The highest BCUT2D eigenvalue weighted by molar-refractivity contribution is 8.09. The third-order valence-corrected chi connectivity index (χ3v) is 5.16. The molecule has 0 amide bonds. The lowest BCUT2D eigenvalue weighted by atomic mass is 10.4. The van der Waals surface area contributed by atoms with Crippen molar-refractivity contribution in [3.63, 3.8) is 0 Å². The highest BCUT2D eigenvalue weighted by atomic mass is 32.2. The van der Waals surface area contributed by atoms with E-state index >= 15 is 0 Å². The summed E-state index contributed by atoms with van der Waals surface area (Å²) in [5.74, 6) is 0. The zero-order valence-corrected chi connectivity index (χ0v) is 11.9. The van der Waals surface area contributed by atoms with Crippen LogP contribution in [0.5, 0.6) is 0 Å².